The van der Waals surface area contributed by atoms with E-state index in [4.69, 9.17) is 9.84 Å². The molecule has 1 rings (SSSR count). The van der Waals surface area contributed by atoms with E-state index in [1.54, 1.807) is 0 Å². The molecule has 0 aliphatic heterocycles. The summed E-state index contributed by atoms with van der Waals surface area (Å²) in [5.74, 6) is -0.0712. The summed E-state index contributed by atoms with van der Waals surface area (Å²) in [5, 5.41) is 13.5. The predicted molar refractivity (Wildman–Crippen MR) is 79.7 cm³/mol. The molecule has 0 fully saturated rings. The molecule has 0 radical (unpaired) electrons. The van der Waals surface area contributed by atoms with Gasteiger partial charge in [-0.25, -0.2) is 4.79 Å². The minimum Gasteiger partial charge on any atom is -0.493 e. The standard InChI is InChI=1S/C15H22N2O4/c1-11-5-3-6-13(12(11)2)21-10-4-8-16-15(20)17-9-7-14(18)19/h3,5-6H,4,7-10H2,1-2H3,(H,18,19)(H2,16,17,20). The molecule has 0 saturated carbocycles. The first-order valence-corrected chi connectivity index (χ1v) is 6.93. The number of hydrogen-bond acceptors (Lipinski definition) is 3. The Morgan fingerprint density at radius 2 is 1.90 bits per heavy atom. The maximum Gasteiger partial charge on any atom is 0.314 e. The number of rotatable bonds is 8. The van der Waals surface area contributed by atoms with E-state index >= 15 is 0 Å². The summed E-state index contributed by atoms with van der Waals surface area (Å²) >= 11 is 0. The lowest BCUT2D eigenvalue weighted by molar-refractivity contribution is -0.136. The maximum absolute atomic E-state index is 11.3. The van der Waals surface area contributed by atoms with E-state index in [0.717, 1.165) is 11.3 Å². The Hall–Kier alpha value is -2.24. The Morgan fingerprint density at radius 3 is 2.62 bits per heavy atom. The van der Waals surface area contributed by atoms with Crippen LogP contribution in [-0.2, 0) is 4.79 Å². The van der Waals surface area contributed by atoms with Gasteiger partial charge in [0.05, 0.1) is 13.0 Å². The number of carboxylic acid groups (broad SMARTS) is 1. The number of carboxylic acids is 1. The second-order valence-corrected chi connectivity index (χ2v) is 4.73. The lowest BCUT2D eigenvalue weighted by atomic mass is 10.1. The molecule has 0 heterocycles. The van der Waals surface area contributed by atoms with Gasteiger partial charge in [0, 0.05) is 13.1 Å². The van der Waals surface area contributed by atoms with Crippen LogP contribution in [0, 0.1) is 13.8 Å². The van der Waals surface area contributed by atoms with E-state index < -0.39 is 5.97 Å². The van der Waals surface area contributed by atoms with Gasteiger partial charge in [0.1, 0.15) is 5.75 Å². The van der Waals surface area contributed by atoms with Gasteiger partial charge in [-0.1, -0.05) is 12.1 Å². The second-order valence-electron chi connectivity index (χ2n) is 4.73. The fourth-order valence-electron chi connectivity index (χ4n) is 1.68. The average molecular weight is 294 g/mol. The van der Waals surface area contributed by atoms with Crippen molar-refractivity contribution >= 4 is 12.0 Å². The highest BCUT2D eigenvalue weighted by atomic mass is 16.5. The first-order chi connectivity index (χ1) is 10.0. The molecule has 6 heteroatoms. The number of nitrogens with one attached hydrogen (secondary N) is 2. The number of benzene rings is 1. The van der Waals surface area contributed by atoms with Crippen LogP contribution in [-0.4, -0.2) is 36.8 Å². The Kier molecular flexibility index (Phi) is 7.08. The van der Waals surface area contributed by atoms with Gasteiger partial charge in [0.15, 0.2) is 0 Å². The first kappa shape index (κ1) is 16.8. The van der Waals surface area contributed by atoms with E-state index in [1.165, 1.54) is 5.56 Å². The molecule has 0 unspecified atom stereocenters. The quantitative estimate of drug-likeness (QED) is 0.638. The van der Waals surface area contributed by atoms with E-state index in [0.29, 0.717) is 19.6 Å². The van der Waals surface area contributed by atoms with Gasteiger partial charge in [-0.3, -0.25) is 4.79 Å². The van der Waals surface area contributed by atoms with E-state index in [1.807, 2.05) is 32.0 Å². The number of carbonyl (C=O) groups excluding carboxylic acids is 1. The van der Waals surface area contributed by atoms with Crippen molar-refractivity contribution in [1.82, 2.24) is 10.6 Å². The number of carbonyl (C=O) groups is 2. The van der Waals surface area contributed by atoms with Crippen molar-refractivity contribution in [3.63, 3.8) is 0 Å². The minimum absolute atomic E-state index is 0.0802. The summed E-state index contributed by atoms with van der Waals surface area (Å²) in [5.41, 5.74) is 2.31. The fourth-order valence-corrected chi connectivity index (χ4v) is 1.68. The molecule has 0 aromatic heterocycles. The first-order valence-electron chi connectivity index (χ1n) is 6.93. The topological polar surface area (TPSA) is 87.7 Å². The third-order valence-electron chi connectivity index (χ3n) is 3.04. The molecule has 6 nitrogen and oxygen atoms in total. The van der Waals surface area contributed by atoms with Crippen LogP contribution in [0.25, 0.3) is 0 Å². The summed E-state index contributed by atoms with van der Waals surface area (Å²) in [7, 11) is 0. The van der Waals surface area contributed by atoms with Crippen LogP contribution >= 0.6 is 0 Å². The summed E-state index contributed by atoms with van der Waals surface area (Å²) in [6, 6.07) is 5.55. The molecule has 0 aliphatic carbocycles. The molecule has 3 N–H and O–H groups in total. The molecule has 0 saturated heterocycles. The fraction of sp³-hybridized carbons (Fsp3) is 0.467. The number of ether oxygens (including phenoxy) is 1. The van der Waals surface area contributed by atoms with Crippen LogP contribution in [0.3, 0.4) is 0 Å². The van der Waals surface area contributed by atoms with Crippen LogP contribution in [0.2, 0.25) is 0 Å². The molecular formula is C15H22N2O4. The lowest BCUT2D eigenvalue weighted by Gasteiger charge is -2.11. The Morgan fingerprint density at radius 1 is 1.19 bits per heavy atom. The molecule has 116 valence electrons. The molecule has 0 atom stereocenters. The smallest absolute Gasteiger partial charge is 0.314 e. The Labute approximate surface area is 124 Å². The molecular weight excluding hydrogens is 272 g/mol. The van der Waals surface area contributed by atoms with Gasteiger partial charge in [-0.15, -0.1) is 0 Å². The highest BCUT2D eigenvalue weighted by Crippen LogP contribution is 2.20. The van der Waals surface area contributed by atoms with Crippen molar-refractivity contribution in [2.45, 2.75) is 26.7 Å². The Balaban J connectivity index is 2.13. The lowest BCUT2D eigenvalue weighted by Crippen LogP contribution is -2.37. The Bertz CT molecular complexity index is 489. The molecule has 0 bridgehead atoms. The van der Waals surface area contributed by atoms with Gasteiger partial charge in [0.2, 0.25) is 0 Å². The van der Waals surface area contributed by atoms with Crippen molar-refractivity contribution in [2.24, 2.45) is 0 Å². The number of aryl methyl sites for hydroxylation is 1. The van der Waals surface area contributed by atoms with E-state index in [9.17, 15) is 9.59 Å². The summed E-state index contributed by atoms with van der Waals surface area (Å²) < 4.78 is 5.66. The van der Waals surface area contributed by atoms with Gasteiger partial charge in [-0.05, 0) is 37.5 Å². The summed E-state index contributed by atoms with van der Waals surface area (Å²) in [6.07, 6.45) is 0.600. The number of amides is 2. The van der Waals surface area contributed by atoms with Gasteiger partial charge in [-0.2, -0.15) is 0 Å². The zero-order chi connectivity index (χ0) is 15.7. The van der Waals surface area contributed by atoms with Crippen LogP contribution in [0.1, 0.15) is 24.0 Å². The molecule has 21 heavy (non-hydrogen) atoms. The number of aliphatic carboxylic acids is 1. The van der Waals surface area contributed by atoms with E-state index in [2.05, 4.69) is 10.6 Å². The number of hydrogen-bond donors (Lipinski definition) is 3. The predicted octanol–water partition coefficient (Wildman–Crippen LogP) is 1.85. The minimum atomic E-state index is -0.933. The molecule has 2 amide bonds. The highest BCUT2D eigenvalue weighted by Gasteiger charge is 2.03. The zero-order valence-corrected chi connectivity index (χ0v) is 12.4. The van der Waals surface area contributed by atoms with Crippen molar-refractivity contribution < 1.29 is 19.4 Å². The summed E-state index contributed by atoms with van der Waals surface area (Å²) in [4.78, 5) is 21.6. The van der Waals surface area contributed by atoms with Crippen LogP contribution in [0.5, 0.6) is 5.75 Å². The normalized spacial score (nSPS) is 10.0. The second kappa shape index (κ2) is 8.84. The monoisotopic (exact) mass is 294 g/mol. The zero-order valence-electron chi connectivity index (χ0n) is 12.4. The van der Waals surface area contributed by atoms with Crippen LogP contribution in [0.15, 0.2) is 18.2 Å². The van der Waals surface area contributed by atoms with Crippen molar-refractivity contribution in [3.8, 4) is 5.75 Å². The summed E-state index contributed by atoms with van der Waals surface area (Å²) in [6.45, 7) is 5.16. The third-order valence-corrected chi connectivity index (χ3v) is 3.04. The molecule has 1 aromatic rings. The van der Waals surface area contributed by atoms with Gasteiger partial charge >= 0.3 is 12.0 Å². The van der Waals surface area contributed by atoms with Gasteiger partial charge < -0.3 is 20.5 Å². The molecule has 0 spiro atoms. The average Bonchev–Trinajstić information content (AvgIpc) is 2.42. The largest absolute Gasteiger partial charge is 0.493 e. The van der Waals surface area contributed by atoms with E-state index in [-0.39, 0.29) is 19.0 Å². The van der Waals surface area contributed by atoms with Crippen molar-refractivity contribution in [1.29, 1.82) is 0 Å². The van der Waals surface area contributed by atoms with Gasteiger partial charge in [0.25, 0.3) is 0 Å². The molecule has 0 aliphatic rings. The SMILES string of the molecule is Cc1cccc(OCCCNC(=O)NCCC(=O)O)c1C. The number of urea groups is 1. The molecule has 1 aromatic carbocycles. The van der Waals surface area contributed by atoms with Crippen molar-refractivity contribution in [3.05, 3.63) is 29.3 Å². The third kappa shape index (κ3) is 6.65. The van der Waals surface area contributed by atoms with Crippen molar-refractivity contribution in [2.75, 3.05) is 19.7 Å². The highest BCUT2D eigenvalue weighted by molar-refractivity contribution is 5.74. The maximum atomic E-state index is 11.3. The van der Waals surface area contributed by atoms with Crippen LogP contribution in [0.4, 0.5) is 4.79 Å². The van der Waals surface area contributed by atoms with Crippen LogP contribution < -0.4 is 15.4 Å².